The average Bonchev–Trinajstić information content (AvgIpc) is 2.25. The van der Waals surface area contributed by atoms with Crippen molar-refractivity contribution in [3.05, 3.63) is 0 Å². The average molecular weight is 229 g/mol. The molecule has 15 heavy (non-hydrogen) atoms. The number of nitrogens with zero attached hydrogens (tertiary/aromatic N) is 1. The molecule has 0 aliphatic carbocycles. The fourth-order valence-electron chi connectivity index (χ4n) is 2.97. The fraction of sp³-hybridized carbons (Fsp3) is 0.909. The van der Waals surface area contributed by atoms with Gasteiger partial charge in [-0.15, -0.1) is 0 Å². The van der Waals surface area contributed by atoms with Crippen molar-refractivity contribution in [2.24, 2.45) is 5.41 Å². The molecule has 0 spiro atoms. The molecule has 1 N–H and O–H groups in total. The van der Waals surface area contributed by atoms with E-state index in [4.69, 9.17) is 0 Å². The first kappa shape index (κ1) is 11.4. The number of hydrogen-bond donors (Lipinski definition) is 1. The summed E-state index contributed by atoms with van der Waals surface area (Å²) in [7, 11) is 0. The van der Waals surface area contributed by atoms with E-state index in [0.717, 1.165) is 31.7 Å². The Labute approximate surface area is 95.2 Å². The lowest BCUT2D eigenvalue weighted by atomic mass is 9.64. The molecular formula is C11H19NO2S. The number of ketones is 1. The van der Waals surface area contributed by atoms with E-state index in [1.807, 2.05) is 6.26 Å². The highest BCUT2D eigenvalue weighted by molar-refractivity contribution is 7.98. The molecule has 3 rings (SSSR count). The molecule has 3 aliphatic rings. The summed E-state index contributed by atoms with van der Waals surface area (Å²) in [5.74, 6) is 0.988. The summed E-state index contributed by atoms with van der Waals surface area (Å²) < 4.78 is 0. The molecule has 3 heterocycles. The van der Waals surface area contributed by atoms with Gasteiger partial charge >= 0.3 is 0 Å². The van der Waals surface area contributed by atoms with Crippen LogP contribution >= 0.6 is 11.8 Å². The fourth-order valence-corrected chi connectivity index (χ4v) is 3.86. The second kappa shape index (κ2) is 3.75. The molecule has 0 aromatic carbocycles. The topological polar surface area (TPSA) is 40.5 Å². The largest absolute Gasteiger partial charge is 0.394 e. The van der Waals surface area contributed by atoms with Crippen molar-refractivity contribution in [3.8, 4) is 0 Å². The Bertz CT molecular complexity index is 274. The van der Waals surface area contributed by atoms with Crippen molar-refractivity contribution < 1.29 is 9.90 Å². The molecule has 0 radical (unpaired) electrons. The summed E-state index contributed by atoms with van der Waals surface area (Å²) in [6, 6.07) is 0. The predicted octanol–water partition coefficient (Wildman–Crippen LogP) is 0.765. The third kappa shape index (κ3) is 1.46. The molecule has 3 saturated heterocycles. The third-order valence-electron chi connectivity index (χ3n) is 4.09. The summed E-state index contributed by atoms with van der Waals surface area (Å²) in [6.45, 7) is 3.96. The van der Waals surface area contributed by atoms with Crippen LogP contribution in [0.1, 0.15) is 19.8 Å². The Morgan fingerprint density at radius 2 is 2.07 bits per heavy atom. The van der Waals surface area contributed by atoms with E-state index >= 15 is 0 Å². The van der Waals surface area contributed by atoms with Gasteiger partial charge in [-0.05, 0) is 19.1 Å². The van der Waals surface area contributed by atoms with E-state index in [1.165, 1.54) is 0 Å². The Morgan fingerprint density at radius 1 is 1.47 bits per heavy atom. The van der Waals surface area contributed by atoms with Crippen LogP contribution in [0, 0.1) is 5.41 Å². The molecular weight excluding hydrogens is 210 g/mol. The molecule has 0 saturated carbocycles. The zero-order valence-corrected chi connectivity index (χ0v) is 10.3. The van der Waals surface area contributed by atoms with Crippen LogP contribution in [0.25, 0.3) is 0 Å². The minimum atomic E-state index is -0.579. The Morgan fingerprint density at radius 3 is 2.53 bits per heavy atom. The SMILES string of the molecule is CSC[C@]1(CO)C(=O)C2(C)CCN1CC2. The standard InChI is InChI=1S/C11H19NO2S/c1-10-3-5-12(6-4-10)11(7-13,8-15-2)9(10)14/h13H,3-8H2,1-2H3/t11-/m1/s1. The van der Waals surface area contributed by atoms with E-state index in [0.29, 0.717) is 0 Å². The Kier molecular flexibility index (Phi) is 2.86. The number of fused-ring (bicyclic) bond motifs is 3. The van der Waals surface area contributed by atoms with Crippen LogP contribution in [0.2, 0.25) is 0 Å². The highest BCUT2D eigenvalue weighted by Gasteiger charge is 2.57. The highest BCUT2D eigenvalue weighted by atomic mass is 32.2. The number of hydrogen-bond acceptors (Lipinski definition) is 4. The number of Topliss-reactive ketones (excluding diaryl/α,β-unsaturated/α-hetero) is 1. The predicted molar refractivity (Wildman–Crippen MR) is 62.1 cm³/mol. The molecule has 3 aliphatic heterocycles. The normalized spacial score (nSPS) is 44.7. The van der Waals surface area contributed by atoms with E-state index in [9.17, 15) is 9.90 Å². The van der Waals surface area contributed by atoms with Gasteiger partial charge in [0.25, 0.3) is 0 Å². The van der Waals surface area contributed by atoms with Gasteiger partial charge in [0.2, 0.25) is 0 Å². The number of carbonyl (C=O) groups is 1. The maximum Gasteiger partial charge on any atom is 0.162 e. The minimum Gasteiger partial charge on any atom is -0.394 e. The van der Waals surface area contributed by atoms with Crippen molar-refractivity contribution in [2.45, 2.75) is 25.3 Å². The van der Waals surface area contributed by atoms with Gasteiger partial charge in [-0.2, -0.15) is 11.8 Å². The highest BCUT2D eigenvalue weighted by Crippen LogP contribution is 2.45. The molecule has 0 amide bonds. The molecule has 2 bridgehead atoms. The van der Waals surface area contributed by atoms with Crippen molar-refractivity contribution in [2.75, 3.05) is 31.7 Å². The molecule has 0 aromatic heterocycles. The lowest BCUT2D eigenvalue weighted by Gasteiger charge is -2.56. The van der Waals surface area contributed by atoms with Crippen LogP contribution in [0.5, 0.6) is 0 Å². The zero-order valence-electron chi connectivity index (χ0n) is 9.45. The van der Waals surface area contributed by atoms with Crippen LogP contribution < -0.4 is 0 Å². The van der Waals surface area contributed by atoms with E-state index in [1.54, 1.807) is 11.8 Å². The van der Waals surface area contributed by atoms with Gasteiger partial charge in [0.05, 0.1) is 6.61 Å². The van der Waals surface area contributed by atoms with Crippen molar-refractivity contribution in [1.29, 1.82) is 0 Å². The van der Waals surface area contributed by atoms with Crippen molar-refractivity contribution >= 4 is 17.5 Å². The second-order valence-electron chi connectivity index (χ2n) is 5.00. The number of aliphatic hydroxyl groups is 1. The van der Waals surface area contributed by atoms with Crippen LogP contribution in [0.15, 0.2) is 0 Å². The summed E-state index contributed by atoms with van der Waals surface area (Å²) in [4.78, 5) is 14.6. The number of carbonyl (C=O) groups excluding carboxylic acids is 1. The molecule has 1 atom stereocenters. The van der Waals surface area contributed by atoms with Crippen molar-refractivity contribution in [3.63, 3.8) is 0 Å². The summed E-state index contributed by atoms with van der Waals surface area (Å²) >= 11 is 1.65. The van der Waals surface area contributed by atoms with Crippen LogP contribution in [-0.2, 0) is 4.79 Å². The molecule has 86 valence electrons. The van der Waals surface area contributed by atoms with Crippen LogP contribution in [0.3, 0.4) is 0 Å². The van der Waals surface area contributed by atoms with Crippen LogP contribution in [-0.4, -0.2) is 53.0 Å². The number of aliphatic hydroxyl groups excluding tert-OH is 1. The molecule has 0 aromatic rings. The quantitative estimate of drug-likeness (QED) is 0.776. The monoisotopic (exact) mass is 229 g/mol. The van der Waals surface area contributed by atoms with Gasteiger partial charge in [-0.3, -0.25) is 9.69 Å². The zero-order chi connectivity index (χ0) is 11.1. The molecule has 0 unspecified atom stereocenters. The maximum atomic E-state index is 12.4. The lowest BCUT2D eigenvalue weighted by molar-refractivity contribution is -0.159. The van der Waals surface area contributed by atoms with Gasteiger partial charge in [-0.25, -0.2) is 0 Å². The number of piperidine rings is 3. The van der Waals surface area contributed by atoms with E-state index < -0.39 is 5.54 Å². The maximum absolute atomic E-state index is 12.4. The minimum absolute atomic E-state index is 0.0255. The molecule has 3 fully saturated rings. The van der Waals surface area contributed by atoms with Crippen molar-refractivity contribution in [1.82, 2.24) is 4.90 Å². The first-order valence-electron chi connectivity index (χ1n) is 5.49. The van der Waals surface area contributed by atoms with Gasteiger partial charge < -0.3 is 5.11 Å². The Balaban J connectivity index is 2.34. The van der Waals surface area contributed by atoms with Crippen LogP contribution in [0.4, 0.5) is 0 Å². The lowest BCUT2D eigenvalue weighted by Crippen LogP contribution is -2.71. The smallest absolute Gasteiger partial charge is 0.162 e. The first-order valence-corrected chi connectivity index (χ1v) is 6.88. The number of thioether (sulfide) groups is 1. The van der Waals surface area contributed by atoms with Gasteiger partial charge in [0.15, 0.2) is 5.78 Å². The Hall–Kier alpha value is -0.0600. The van der Waals surface area contributed by atoms with Gasteiger partial charge in [-0.1, -0.05) is 6.92 Å². The molecule has 3 nitrogen and oxygen atoms in total. The molecule has 4 heteroatoms. The van der Waals surface area contributed by atoms with E-state index in [-0.39, 0.29) is 17.8 Å². The van der Waals surface area contributed by atoms with E-state index in [2.05, 4.69) is 11.8 Å². The van der Waals surface area contributed by atoms with Gasteiger partial charge in [0.1, 0.15) is 5.54 Å². The number of rotatable bonds is 3. The summed E-state index contributed by atoms with van der Waals surface area (Å²) in [5, 5.41) is 9.60. The van der Waals surface area contributed by atoms with Gasteiger partial charge in [0, 0.05) is 24.3 Å². The summed E-state index contributed by atoms with van der Waals surface area (Å²) in [6.07, 6.45) is 3.92. The second-order valence-corrected chi connectivity index (χ2v) is 5.87. The summed E-state index contributed by atoms with van der Waals surface area (Å²) in [5.41, 5.74) is -0.752. The third-order valence-corrected chi connectivity index (χ3v) is 4.85. The first-order chi connectivity index (χ1) is 7.09.